The zero-order valence-electron chi connectivity index (χ0n) is 12.5. The Morgan fingerprint density at radius 1 is 1.22 bits per heavy atom. The van der Waals surface area contributed by atoms with E-state index in [0.717, 1.165) is 28.3 Å². The topological polar surface area (TPSA) is 0 Å². The molecule has 2 aliphatic carbocycles. The Bertz CT molecular complexity index is 287. The molecule has 0 spiro atoms. The van der Waals surface area contributed by atoms with Gasteiger partial charge in [0.2, 0.25) is 0 Å². The standard InChI is InChI=1S/C17H30S/c1-4-12(2)10-17(3,11-13-6-5-7-13)16-14-8-9-15(14)18-16/h12-16H,4-11H2,1-3H3. The van der Waals surface area contributed by atoms with Crippen molar-refractivity contribution in [2.24, 2.45) is 23.2 Å². The predicted molar refractivity (Wildman–Crippen MR) is 82.0 cm³/mol. The fourth-order valence-corrected chi connectivity index (χ4v) is 6.42. The molecule has 0 amide bonds. The largest absolute Gasteiger partial charge is 0.154 e. The monoisotopic (exact) mass is 266 g/mol. The lowest BCUT2D eigenvalue weighted by molar-refractivity contribution is 0.0881. The molecule has 1 aliphatic heterocycles. The van der Waals surface area contributed by atoms with E-state index in [1.54, 1.807) is 6.42 Å². The van der Waals surface area contributed by atoms with E-state index < -0.39 is 0 Å². The second-order valence-electron chi connectivity index (χ2n) is 7.71. The third-order valence-corrected chi connectivity index (χ3v) is 8.30. The molecule has 0 N–H and O–H groups in total. The van der Waals surface area contributed by atoms with Crippen LogP contribution in [0.5, 0.6) is 0 Å². The Morgan fingerprint density at radius 2 is 2.00 bits per heavy atom. The van der Waals surface area contributed by atoms with Gasteiger partial charge in [0.1, 0.15) is 0 Å². The summed E-state index contributed by atoms with van der Waals surface area (Å²) in [4.78, 5) is 0. The molecular formula is C17H30S. The van der Waals surface area contributed by atoms with Gasteiger partial charge in [-0.25, -0.2) is 0 Å². The van der Waals surface area contributed by atoms with Crippen molar-refractivity contribution in [3.8, 4) is 0 Å². The highest BCUT2D eigenvalue weighted by atomic mass is 32.2. The summed E-state index contributed by atoms with van der Waals surface area (Å²) in [6.07, 6.45) is 12.0. The van der Waals surface area contributed by atoms with Crippen LogP contribution in [0.1, 0.15) is 72.1 Å². The molecule has 0 radical (unpaired) electrons. The van der Waals surface area contributed by atoms with Gasteiger partial charge in [0, 0.05) is 10.5 Å². The van der Waals surface area contributed by atoms with Gasteiger partial charge < -0.3 is 0 Å². The second-order valence-corrected chi connectivity index (χ2v) is 9.09. The molecule has 3 fully saturated rings. The molecule has 3 aliphatic rings. The maximum atomic E-state index is 2.64. The number of thioether (sulfide) groups is 1. The van der Waals surface area contributed by atoms with Crippen molar-refractivity contribution >= 4 is 11.8 Å². The first-order valence-electron chi connectivity index (χ1n) is 8.28. The lowest BCUT2D eigenvalue weighted by Crippen LogP contribution is -2.55. The molecule has 2 saturated carbocycles. The highest BCUT2D eigenvalue weighted by Gasteiger charge is 2.55. The Balaban J connectivity index is 1.65. The smallest absolute Gasteiger partial charge is 0.0143 e. The fraction of sp³-hybridized carbons (Fsp3) is 1.00. The van der Waals surface area contributed by atoms with Crippen LogP contribution in [0.15, 0.2) is 0 Å². The summed E-state index contributed by atoms with van der Waals surface area (Å²) in [7, 11) is 0. The molecule has 5 atom stereocenters. The Hall–Kier alpha value is 0.350. The minimum Gasteiger partial charge on any atom is -0.154 e. The Morgan fingerprint density at radius 3 is 2.39 bits per heavy atom. The molecule has 0 aromatic rings. The molecule has 0 nitrogen and oxygen atoms in total. The summed E-state index contributed by atoms with van der Waals surface area (Å²) < 4.78 is 0. The molecule has 18 heavy (non-hydrogen) atoms. The maximum absolute atomic E-state index is 2.64. The summed E-state index contributed by atoms with van der Waals surface area (Å²) in [5.74, 6) is 3.12. The quantitative estimate of drug-likeness (QED) is 0.610. The van der Waals surface area contributed by atoms with Crippen LogP contribution in [0, 0.1) is 23.2 Å². The van der Waals surface area contributed by atoms with Gasteiger partial charge in [-0.05, 0) is 48.9 Å². The van der Waals surface area contributed by atoms with Crippen LogP contribution in [-0.4, -0.2) is 10.5 Å². The SMILES string of the molecule is CCC(C)CC(C)(CC1CCC1)C1SC2CCC21. The van der Waals surface area contributed by atoms with E-state index in [1.165, 1.54) is 44.9 Å². The van der Waals surface area contributed by atoms with Crippen molar-refractivity contribution < 1.29 is 0 Å². The molecule has 0 bridgehead atoms. The van der Waals surface area contributed by atoms with Crippen LogP contribution < -0.4 is 0 Å². The van der Waals surface area contributed by atoms with Crippen molar-refractivity contribution in [1.82, 2.24) is 0 Å². The van der Waals surface area contributed by atoms with Crippen molar-refractivity contribution in [1.29, 1.82) is 0 Å². The van der Waals surface area contributed by atoms with Crippen LogP contribution in [0.25, 0.3) is 0 Å². The van der Waals surface area contributed by atoms with Crippen LogP contribution in [0.2, 0.25) is 0 Å². The average Bonchev–Trinajstić information content (AvgIpc) is 2.27. The lowest BCUT2D eigenvalue weighted by atomic mass is 9.62. The predicted octanol–water partition coefficient (Wildman–Crippen LogP) is 5.51. The summed E-state index contributed by atoms with van der Waals surface area (Å²) in [6, 6.07) is 0. The van der Waals surface area contributed by atoms with Crippen molar-refractivity contribution in [3.63, 3.8) is 0 Å². The summed E-state index contributed by atoms with van der Waals surface area (Å²) >= 11 is 2.36. The molecule has 0 aromatic carbocycles. The van der Waals surface area contributed by atoms with Crippen LogP contribution in [0.3, 0.4) is 0 Å². The van der Waals surface area contributed by atoms with Gasteiger partial charge in [0.15, 0.2) is 0 Å². The first-order chi connectivity index (χ1) is 8.62. The maximum Gasteiger partial charge on any atom is 0.0143 e. The van der Waals surface area contributed by atoms with E-state index in [2.05, 4.69) is 32.5 Å². The van der Waals surface area contributed by atoms with Crippen LogP contribution >= 0.6 is 11.8 Å². The zero-order valence-corrected chi connectivity index (χ0v) is 13.3. The molecule has 1 heteroatoms. The number of hydrogen-bond donors (Lipinski definition) is 0. The Labute approximate surface area is 118 Å². The van der Waals surface area contributed by atoms with E-state index in [9.17, 15) is 0 Å². The zero-order chi connectivity index (χ0) is 12.8. The van der Waals surface area contributed by atoms with E-state index in [4.69, 9.17) is 0 Å². The van der Waals surface area contributed by atoms with Crippen LogP contribution in [0.4, 0.5) is 0 Å². The summed E-state index contributed by atoms with van der Waals surface area (Å²) in [5.41, 5.74) is 0.659. The molecule has 104 valence electrons. The molecule has 1 saturated heterocycles. The minimum absolute atomic E-state index is 0.659. The van der Waals surface area contributed by atoms with Crippen molar-refractivity contribution in [3.05, 3.63) is 0 Å². The van der Waals surface area contributed by atoms with Gasteiger partial charge in [0.05, 0.1) is 0 Å². The lowest BCUT2D eigenvalue weighted by Gasteiger charge is -2.60. The highest BCUT2D eigenvalue weighted by Crippen LogP contribution is 2.63. The average molecular weight is 266 g/mol. The molecule has 3 rings (SSSR count). The fourth-order valence-electron chi connectivity index (χ4n) is 4.50. The second kappa shape index (κ2) is 5.04. The minimum atomic E-state index is 0.659. The first-order valence-corrected chi connectivity index (χ1v) is 9.22. The summed E-state index contributed by atoms with van der Waals surface area (Å²) in [6.45, 7) is 7.48. The van der Waals surface area contributed by atoms with E-state index >= 15 is 0 Å². The van der Waals surface area contributed by atoms with E-state index in [1.807, 2.05) is 0 Å². The third kappa shape index (κ3) is 2.25. The summed E-state index contributed by atoms with van der Waals surface area (Å²) in [5, 5.41) is 2.10. The van der Waals surface area contributed by atoms with Gasteiger partial charge in [-0.15, -0.1) is 0 Å². The van der Waals surface area contributed by atoms with Crippen molar-refractivity contribution in [2.75, 3.05) is 0 Å². The number of rotatable bonds is 6. The van der Waals surface area contributed by atoms with Gasteiger partial charge in [0.25, 0.3) is 0 Å². The number of hydrogen-bond acceptors (Lipinski definition) is 1. The third-order valence-electron chi connectivity index (χ3n) is 6.15. The van der Waals surface area contributed by atoms with E-state index in [0.29, 0.717) is 5.41 Å². The van der Waals surface area contributed by atoms with Gasteiger partial charge >= 0.3 is 0 Å². The normalized spacial score (nSPS) is 39.8. The first kappa shape index (κ1) is 13.3. The van der Waals surface area contributed by atoms with Gasteiger partial charge in [-0.3, -0.25) is 0 Å². The molecule has 0 aromatic heterocycles. The molecule has 1 heterocycles. The molecular weight excluding hydrogens is 236 g/mol. The number of fused-ring (bicyclic) bond motifs is 1. The van der Waals surface area contributed by atoms with Crippen LogP contribution in [-0.2, 0) is 0 Å². The van der Waals surface area contributed by atoms with E-state index in [-0.39, 0.29) is 0 Å². The van der Waals surface area contributed by atoms with Crippen molar-refractivity contribution in [2.45, 2.75) is 82.6 Å². The molecule has 5 unspecified atom stereocenters. The Kier molecular flexibility index (Phi) is 3.73. The van der Waals surface area contributed by atoms with Gasteiger partial charge in [-0.2, -0.15) is 11.8 Å². The van der Waals surface area contributed by atoms with Gasteiger partial charge in [-0.1, -0.05) is 46.5 Å². The highest BCUT2D eigenvalue weighted by molar-refractivity contribution is 8.02.